The monoisotopic (exact) mass is 420 g/mol. The Morgan fingerprint density at radius 1 is 1.04 bits per heavy atom. The van der Waals surface area contributed by atoms with Crippen LogP contribution < -0.4 is 4.74 Å². The van der Waals surface area contributed by atoms with Crippen LogP contribution in [0.5, 0.6) is 5.06 Å². The van der Waals surface area contributed by atoms with E-state index in [1.54, 1.807) is 39.9 Å². The number of fused-ring (bicyclic) bond motifs is 1. The Morgan fingerprint density at radius 2 is 1.82 bits per heavy atom. The molecule has 0 amide bonds. The number of likely N-dealkylation sites (tertiary alicyclic amines) is 1. The maximum atomic E-state index is 12.9. The third-order valence-corrected chi connectivity index (χ3v) is 8.51. The summed E-state index contributed by atoms with van der Waals surface area (Å²) < 4.78 is 33.3. The summed E-state index contributed by atoms with van der Waals surface area (Å²) in [7, 11) is -3.44. The summed E-state index contributed by atoms with van der Waals surface area (Å²) >= 11 is 1.67. The number of piperidine rings is 1. The summed E-state index contributed by atoms with van der Waals surface area (Å²) in [6.45, 7) is 5.23. The van der Waals surface area contributed by atoms with Gasteiger partial charge in [0.1, 0.15) is 0 Å². The van der Waals surface area contributed by atoms with Crippen molar-refractivity contribution in [1.29, 1.82) is 0 Å². The molecule has 0 N–H and O–H groups in total. The van der Waals surface area contributed by atoms with Gasteiger partial charge in [-0.25, -0.2) is 8.42 Å². The fourth-order valence-corrected chi connectivity index (χ4v) is 6.42. The summed E-state index contributed by atoms with van der Waals surface area (Å²) in [5.41, 5.74) is 1.08. The standard InChI is InChI=1S/C21H28N2O3S2/c24-28(25,19-8-3-1-4-9-19)23-14-10-20-18(17-23)16-21(27-20)26-15-7-13-22-11-5-2-6-12-22/h1,3-4,8-9,16H,2,5-7,10-15,17H2. The minimum atomic E-state index is -3.44. The van der Waals surface area contributed by atoms with E-state index in [4.69, 9.17) is 4.74 Å². The van der Waals surface area contributed by atoms with Gasteiger partial charge in [-0.05, 0) is 62.5 Å². The third-order valence-electron chi connectivity index (χ3n) is 5.50. The fraction of sp³-hybridized carbons (Fsp3) is 0.524. The molecule has 5 nitrogen and oxygen atoms in total. The number of nitrogens with zero attached hydrogens (tertiary/aromatic N) is 2. The Kier molecular flexibility index (Phi) is 6.35. The zero-order chi connectivity index (χ0) is 19.4. The highest BCUT2D eigenvalue weighted by atomic mass is 32.2. The van der Waals surface area contributed by atoms with Crippen molar-refractivity contribution < 1.29 is 13.2 Å². The van der Waals surface area contributed by atoms with Gasteiger partial charge in [0, 0.05) is 24.5 Å². The Morgan fingerprint density at radius 3 is 2.61 bits per heavy atom. The number of sulfonamides is 1. The van der Waals surface area contributed by atoms with Crippen molar-refractivity contribution >= 4 is 21.4 Å². The molecule has 28 heavy (non-hydrogen) atoms. The highest BCUT2D eigenvalue weighted by molar-refractivity contribution is 7.89. The summed E-state index contributed by atoms with van der Waals surface area (Å²) in [4.78, 5) is 4.15. The summed E-state index contributed by atoms with van der Waals surface area (Å²) in [5.74, 6) is 0. The number of benzene rings is 1. The maximum absolute atomic E-state index is 12.9. The zero-order valence-corrected chi connectivity index (χ0v) is 17.8. The van der Waals surface area contributed by atoms with Crippen molar-refractivity contribution in [2.24, 2.45) is 0 Å². The molecule has 1 aromatic carbocycles. The quantitative estimate of drug-likeness (QED) is 0.640. The summed E-state index contributed by atoms with van der Waals surface area (Å²) in [5, 5.41) is 0.919. The highest BCUT2D eigenvalue weighted by Crippen LogP contribution is 2.35. The maximum Gasteiger partial charge on any atom is 0.243 e. The third kappa shape index (κ3) is 4.59. The van der Waals surface area contributed by atoms with Gasteiger partial charge in [0.05, 0.1) is 11.5 Å². The number of hydrogen-bond donors (Lipinski definition) is 0. The zero-order valence-electron chi connectivity index (χ0n) is 16.2. The fourth-order valence-electron chi connectivity index (χ4n) is 3.94. The minimum Gasteiger partial charge on any atom is -0.484 e. The lowest BCUT2D eigenvalue weighted by molar-refractivity contribution is 0.206. The van der Waals surface area contributed by atoms with E-state index in [0.29, 0.717) is 18.0 Å². The molecule has 3 heterocycles. The van der Waals surface area contributed by atoms with E-state index in [9.17, 15) is 8.42 Å². The predicted octanol–water partition coefficient (Wildman–Crippen LogP) is 3.75. The van der Waals surface area contributed by atoms with Gasteiger partial charge >= 0.3 is 0 Å². The van der Waals surface area contributed by atoms with Gasteiger partial charge < -0.3 is 9.64 Å². The summed E-state index contributed by atoms with van der Waals surface area (Å²) in [6.07, 6.45) is 5.80. The van der Waals surface area contributed by atoms with Crippen LogP contribution in [0.2, 0.25) is 0 Å². The van der Waals surface area contributed by atoms with Crippen LogP contribution in [0.25, 0.3) is 0 Å². The molecule has 0 saturated carbocycles. The molecule has 1 fully saturated rings. The van der Waals surface area contributed by atoms with Crippen molar-refractivity contribution in [3.63, 3.8) is 0 Å². The first kappa shape index (κ1) is 19.9. The number of thiophene rings is 1. The Bertz CT molecular complexity index is 874. The molecule has 1 saturated heterocycles. The van der Waals surface area contributed by atoms with E-state index < -0.39 is 10.0 Å². The molecule has 0 unspecified atom stereocenters. The Labute approximate surface area is 172 Å². The van der Waals surface area contributed by atoms with Gasteiger partial charge in [-0.2, -0.15) is 4.31 Å². The molecule has 0 aliphatic carbocycles. The second kappa shape index (κ2) is 8.95. The highest BCUT2D eigenvalue weighted by Gasteiger charge is 2.29. The average Bonchev–Trinajstić information content (AvgIpc) is 3.15. The molecule has 0 atom stereocenters. The normalized spacial score (nSPS) is 18.7. The van der Waals surface area contributed by atoms with Crippen molar-refractivity contribution in [1.82, 2.24) is 9.21 Å². The largest absolute Gasteiger partial charge is 0.484 e. The predicted molar refractivity (Wildman–Crippen MR) is 112 cm³/mol. The van der Waals surface area contributed by atoms with Gasteiger partial charge in [0.2, 0.25) is 10.0 Å². The molecule has 0 radical (unpaired) electrons. The van der Waals surface area contributed by atoms with Crippen LogP contribution in [0.4, 0.5) is 0 Å². The average molecular weight is 421 g/mol. The van der Waals surface area contributed by atoms with Crippen LogP contribution in [0.3, 0.4) is 0 Å². The molecular weight excluding hydrogens is 392 g/mol. The molecule has 4 rings (SSSR count). The smallest absolute Gasteiger partial charge is 0.243 e. The van der Waals surface area contributed by atoms with Gasteiger partial charge in [-0.1, -0.05) is 24.6 Å². The lowest BCUT2D eigenvalue weighted by atomic mass is 10.1. The lowest BCUT2D eigenvalue weighted by Gasteiger charge is -2.26. The molecule has 7 heteroatoms. The first-order valence-corrected chi connectivity index (χ1v) is 12.4. The van der Waals surface area contributed by atoms with E-state index in [2.05, 4.69) is 4.90 Å². The lowest BCUT2D eigenvalue weighted by Crippen LogP contribution is -2.35. The van der Waals surface area contributed by atoms with Crippen molar-refractivity contribution in [2.45, 2.75) is 43.5 Å². The van der Waals surface area contributed by atoms with Gasteiger partial charge in [0.25, 0.3) is 0 Å². The number of rotatable bonds is 7. The molecule has 152 valence electrons. The first-order valence-electron chi connectivity index (χ1n) is 10.1. The molecule has 2 aliphatic heterocycles. The molecule has 1 aromatic heterocycles. The van der Waals surface area contributed by atoms with Gasteiger partial charge in [-0.3, -0.25) is 0 Å². The van der Waals surface area contributed by atoms with Crippen molar-refractivity contribution in [3.8, 4) is 5.06 Å². The SMILES string of the molecule is O=S(=O)(c1ccccc1)N1CCc2sc(OCCCN3CCCCC3)cc2C1. The second-order valence-corrected chi connectivity index (χ2v) is 10.6. The van der Waals surface area contributed by atoms with Crippen LogP contribution in [0.15, 0.2) is 41.3 Å². The van der Waals surface area contributed by atoms with Crippen molar-refractivity contribution in [2.75, 3.05) is 32.8 Å². The van der Waals surface area contributed by atoms with Gasteiger partial charge in [0.15, 0.2) is 5.06 Å². The second-order valence-electron chi connectivity index (χ2n) is 7.52. The van der Waals surface area contributed by atoms with Crippen LogP contribution in [0.1, 0.15) is 36.1 Å². The van der Waals surface area contributed by atoms with Crippen LogP contribution in [-0.2, 0) is 23.0 Å². The van der Waals surface area contributed by atoms with Crippen LogP contribution in [-0.4, -0.2) is 50.4 Å². The first-order chi connectivity index (χ1) is 13.6. The number of hydrogen-bond acceptors (Lipinski definition) is 5. The molecule has 0 bridgehead atoms. The molecule has 0 spiro atoms. The molecular formula is C21H28N2O3S2. The molecule has 2 aromatic rings. The molecule has 2 aliphatic rings. The van der Waals surface area contributed by atoms with Crippen LogP contribution >= 0.6 is 11.3 Å². The Hall–Kier alpha value is -1.41. The topological polar surface area (TPSA) is 49.9 Å². The minimum absolute atomic E-state index is 0.364. The van der Waals surface area contributed by atoms with E-state index in [0.717, 1.165) is 36.6 Å². The summed E-state index contributed by atoms with van der Waals surface area (Å²) in [6, 6.07) is 10.7. The number of ether oxygens (including phenoxy) is 1. The van der Waals surface area contributed by atoms with E-state index in [-0.39, 0.29) is 0 Å². The van der Waals surface area contributed by atoms with E-state index >= 15 is 0 Å². The Balaban J connectivity index is 1.32. The van der Waals surface area contributed by atoms with E-state index in [1.165, 1.54) is 37.2 Å². The van der Waals surface area contributed by atoms with Crippen LogP contribution in [0, 0.1) is 0 Å². The van der Waals surface area contributed by atoms with Crippen molar-refractivity contribution in [3.05, 3.63) is 46.8 Å². The van der Waals surface area contributed by atoms with Gasteiger partial charge in [-0.15, -0.1) is 11.3 Å². The van der Waals surface area contributed by atoms with E-state index in [1.807, 2.05) is 12.1 Å².